The van der Waals surface area contributed by atoms with Crippen LogP contribution >= 0.6 is 0 Å². The van der Waals surface area contributed by atoms with E-state index in [2.05, 4.69) is 32.1 Å². The Hall–Kier alpha value is -2.31. The Bertz CT molecular complexity index is 689. The number of hydrogen-bond acceptors (Lipinski definition) is 5. The van der Waals surface area contributed by atoms with Crippen molar-refractivity contribution in [1.29, 1.82) is 0 Å². The number of rotatable bonds is 4. The molecule has 0 bridgehead atoms. The number of benzene rings is 1. The molecule has 132 valence electrons. The summed E-state index contributed by atoms with van der Waals surface area (Å²) in [6.07, 6.45) is 3.78. The van der Waals surface area contributed by atoms with Gasteiger partial charge >= 0.3 is 0 Å². The highest BCUT2D eigenvalue weighted by Gasteiger charge is 2.25. The normalized spacial score (nSPS) is 19.4. The van der Waals surface area contributed by atoms with Gasteiger partial charge in [0.25, 0.3) is 0 Å². The molecule has 25 heavy (non-hydrogen) atoms. The standard InChI is InChI=1S/C19H25N5O/c1-20-19(25)17-13-23(2)8-9-24(14-17)12-15-10-21-18(22-11-15)16-6-4-3-5-7-16/h3-7,10-11,17H,8-9,12-14H2,1-2H3,(H,20,25)/t17-/m1/s1. The van der Waals surface area contributed by atoms with Gasteiger partial charge in [-0.15, -0.1) is 0 Å². The lowest BCUT2D eigenvalue weighted by molar-refractivity contribution is -0.125. The van der Waals surface area contributed by atoms with Gasteiger partial charge < -0.3 is 10.2 Å². The molecule has 0 saturated carbocycles. The fraction of sp³-hybridized carbons (Fsp3) is 0.421. The van der Waals surface area contributed by atoms with Crippen molar-refractivity contribution in [2.24, 2.45) is 5.92 Å². The lowest BCUT2D eigenvalue weighted by Gasteiger charge is -2.22. The van der Waals surface area contributed by atoms with Gasteiger partial charge in [0.2, 0.25) is 5.91 Å². The molecule has 1 saturated heterocycles. The summed E-state index contributed by atoms with van der Waals surface area (Å²) in [7, 11) is 3.77. The maximum atomic E-state index is 12.1. The first-order valence-corrected chi connectivity index (χ1v) is 8.64. The fourth-order valence-corrected chi connectivity index (χ4v) is 3.18. The van der Waals surface area contributed by atoms with E-state index in [1.54, 1.807) is 7.05 Å². The molecule has 1 aliphatic rings. The maximum absolute atomic E-state index is 12.1. The van der Waals surface area contributed by atoms with E-state index in [0.29, 0.717) is 0 Å². The van der Waals surface area contributed by atoms with Crippen LogP contribution in [0.5, 0.6) is 0 Å². The predicted octanol–water partition coefficient (Wildman–Crippen LogP) is 1.25. The number of carbonyl (C=O) groups is 1. The summed E-state index contributed by atoms with van der Waals surface area (Å²) in [4.78, 5) is 25.6. The first-order valence-electron chi connectivity index (χ1n) is 8.64. The fourth-order valence-electron chi connectivity index (χ4n) is 3.18. The number of carbonyl (C=O) groups excluding carboxylic acids is 1. The lowest BCUT2D eigenvalue weighted by Crippen LogP contribution is -2.39. The van der Waals surface area contributed by atoms with Crippen LogP contribution in [0.3, 0.4) is 0 Å². The smallest absolute Gasteiger partial charge is 0.225 e. The lowest BCUT2D eigenvalue weighted by atomic mass is 10.1. The Balaban J connectivity index is 1.67. The molecule has 1 aromatic carbocycles. The van der Waals surface area contributed by atoms with Gasteiger partial charge in [-0.2, -0.15) is 0 Å². The largest absolute Gasteiger partial charge is 0.359 e. The van der Waals surface area contributed by atoms with Crippen LogP contribution in [-0.2, 0) is 11.3 Å². The minimum Gasteiger partial charge on any atom is -0.359 e. The van der Waals surface area contributed by atoms with Gasteiger partial charge in [0, 0.05) is 63.3 Å². The molecule has 6 heteroatoms. The van der Waals surface area contributed by atoms with E-state index in [1.165, 1.54) is 0 Å². The van der Waals surface area contributed by atoms with Crippen LogP contribution in [0.1, 0.15) is 5.56 Å². The third-order valence-electron chi connectivity index (χ3n) is 4.57. The molecule has 1 N–H and O–H groups in total. The first kappa shape index (κ1) is 17.5. The van der Waals surface area contributed by atoms with Crippen molar-refractivity contribution < 1.29 is 4.79 Å². The Morgan fingerprint density at radius 2 is 1.88 bits per heavy atom. The molecule has 1 aliphatic heterocycles. The zero-order valence-corrected chi connectivity index (χ0v) is 14.9. The molecule has 0 radical (unpaired) electrons. The van der Waals surface area contributed by atoms with E-state index in [4.69, 9.17) is 0 Å². The van der Waals surface area contributed by atoms with Crippen LogP contribution in [-0.4, -0.2) is 65.9 Å². The molecule has 0 aliphatic carbocycles. The van der Waals surface area contributed by atoms with Gasteiger partial charge in [0.15, 0.2) is 5.82 Å². The summed E-state index contributed by atoms with van der Waals surface area (Å²) in [5.74, 6) is 0.833. The van der Waals surface area contributed by atoms with Gasteiger partial charge in [-0.1, -0.05) is 30.3 Å². The molecule has 2 heterocycles. The quantitative estimate of drug-likeness (QED) is 0.908. The van der Waals surface area contributed by atoms with Crippen LogP contribution in [0, 0.1) is 5.92 Å². The highest BCUT2D eigenvalue weighted by molar-refractivity contribution is 5.78. The van der Waals surface area contributed by atoms with Gasteiger partial charge in [-0.3, -0.25) is 9.69 Å². The monoisotopic (exact) mass is 339 g/mol. The number of nitrogens with one attached hydrogen (secondary N) is 1. The van der Waals surface area contributed by atoms with Crippen LogP contribution in [0.25, 0.3) is 11.4 Å². The highest BCUT2D eigenvalue weighted by Crippen LogP contribution is 2.15. The van der Waals surface area contributed by atoms with E-state index in [0.717, 1.165) is 49.7 Å². The molecule has 1 amide bonds. The van der Waals surface area contributed by atoms with Crippen LogP contribution in [0.15, 0.2) is 42.7 Å². The van der Waals surface area contributed by atoms with Crippen molar-refractivity contribution in [1.82, 2.24) is 25.1 Å². The number of nitrogens with zero attached hydrogens (tertiary/aromatic N) is 4. The zero-order chi connectivity index (χ0) is 17.6. The number of aromatic nitrogens is 2. The highest BCUT2D eigenvalue weighted by atomic mass is 16.1. The first-order chi connectivity index (χ1) is 12.2. The zero-order valence-electron chi connectivity index (χ0n) is 14.9. The van der Waals surface area contributed by atoms with E-state index in [9.17, 15) is 4.79 Å². The summed E-state index contributed by atoms with van der Waals surface area (Å²) < 4.78 is 0. The Morgan fingerprint density at radius 3 is 2.56 bits per heavy atom. The second-order valence-electron chi connectivity index (χ2n) is 6.59. The number of amides is 1. The summed E-state index contributed by atoms with van der Waals surface area (Å²) in [6, 6.07) is 9.97. The van der Waals surface area contributed by atoms with Gasteiger partial charge in [-0.25, -0.2) is 9.97 Å². The molecule has 0 unspecified atom stereocenters. The Kier molecular flexibility index (Phi) is 5.73. The van der Waals surface area contributed by atoms with Crippen LogP contribution in [0.4, 0.5) is 0 Å². The van der Waals surface area contributed by atoms with E-state index in [1.807, 2.05) is 42.7 Å². The van der Waals surface area contributed by atoms with Crippen molar-refractivity contribution in [2.75, 3.05) is 40.3 Å². The summed E-state index contributed by atoms with van der Waals surface area (Å²) in [6.45, 7) is 4.20. The molecule has 6 nitrogen and oxygen atoms in total. The topological polar surface area (TPSA) is 61.4 Å². The van der Waals surface area contributed by atoms with Crippen LogP contribution in [0.2, 0.25) is 0 Å². The average molecular weight is 339 g/mol. The average Bonchev–Trinajstić information content (AvgIpc) is 2.84. The summed E-state index contributed by atoms with van der Waals surface area (Å²) in [5.41, 5.74) is 2.09. The minimum atomic E-state index is -0.0120. The second-order valence-corrected chi connectivity index (χ2v) is 6.59. The minimum absolute atomic E-state index is 0.0120. The van der Waals surface area contributed by atoms with Crippen molar-refractivity contribution in [3.63, 3.8) is 0 Å². The van der Waals surface area contributed by atoms with Crippen molar-refractivity contribution in [3.05, 3.63) is 48.3 Å². The van der Waals surface area contributed by atoms with Gasteiger partial charge in [0.1, 0.15) is 0 Å². The second kappa shape index (κ2) is 8.18. The van der Waals surface area contributed by atoms with Crippen molar-refractivity contribution >= 4 is 5.91 Å². The molecule has 0 spiro atoms. The Morgan fingerprint density at radius 1 is 1.16 bits per heavy atom. The van der Waals surface area contributed by atoms with E-state index in [-0.39, 0.29) is 11.8 Å². The summed E-state index contributed by atoms with van der Waals surface area (Å²) in [5, 5.41) is 2.78. The molecule has 1 atom stereocenters. The van der Waals surface area contributed by atoms with Crippen LogP contribution < -0.4 is 5.32 Å². The van der Waals surface area contributed by atoms with Crippen molar-refractivity contribution in [3.8, 4) is 11.4 Å². The Labute approximate surface area is 148 Å². The molecule has 3 rings (SSSR count). The molecule has 1 aromatic heterocycles. The number of hydrogen-bond donors (Lipinski definition) is 1. The summed E-state index contributed by atoms with van der Waals surface area (Å²) >= 11 is 0. The SMILES string of the molecule is CNC(=O)[C@@H]1CN(C)CCN(Cc2cnc(-c3ccccc3)nc2)C1. The van der Waals surface area contributed by atoms with Gasteiger partial charge in [-0.05, 0) is 7.05 Å². The van der Waals surface area contributed by atoms with Gasteiger partial charge in [0.05, 0.1) is 5.92 Å². The van der Waals surface area contributed by atoms with E-state index >= 15 is 0 Å². The molecule has 2 aromatic rings. The third kappa shape index (κ3) is 4.61. The molecule has 1 fully saturated rings. The molecular formula is C19H25N5O. The molecular weight excluding hydrogens is 314 g/mol. The van der Waals surface area contributed by atoms with E-state index < -0.39 is 0 Å². The predicted molar refractivity (Wildman–Crippen MR) is 97.8 cm³/mol. The maximum Gasteiger partial charge on any atom is 0.225 e. The third-order valence-corrected chi connectivity index (χ3v) is 4.57. The van der Waals surface area contributed by atoms with Crippen molar-refractivity contribution in [2.45, 2.75) is 6.54 Å². The number of likely N-dealkylation sites (N-methyl/N-ethyl adjacent to an activating group) is 1.